The summed E-state index contributed by atoms with van der Waals surface area (Å²) in [7, 11) is 0. The summed E-state index contributed by atoms with van der Waals surface area (Å²) < 4.78 is 5.49. The van der Waals surface area contributed by atoms with E-state index >= 15 is 0 Å². The summed E-state index contributed by atoms with van der Waals surface area (Å²) in [4.78, 5) is 19.1. The largest absolute Gasteiger partial charge is 0.339 e. The first-order valence-corrected chi connectivity index (χ1v) is 9.02. The second-order valence-electron chi connectivity index (χ2n) is 6.42. The Morgan fingerprint density at radius 3 is 2.65 bits per heavy atom. The SMILES string of the molecule is O=C(c1ccc(Cl)cc1)N1CCCC(c2nc(-c3ccccc3)no2)C1. The van der Waals surface area contributed by atoms with E-state index in [1.54, 1.807) is 24.3 Å². The minimum absolute atomic E-state index is 0.00849. The number of benzene rings is 2. The molecule has 2 heterocycles. The van der Waals surface area contributed by atoms with Gasteiger partial charge in [-0.3, -0.25) is 4.79 Å². The molecule has 0 aliphatic carbocycles. The van der Waals surface area contributed by atoms with Crippen molar-refractivity contribution in [1.82, 2.24) is 15.0 Å². The van der Waals surface area contributed by atoms with Crippen LogP contribution in [0.15, 0.2) is 59.1 Å². The summed E-state index contributed by atoms with van der Waals surface area (Å²) in [6.07, 6.45) is 1.84. The van der Waals surface area contributed by atoms with Crippen LogP contribution >= 0.6 is 11.6 Å². The Morgan fingerprint density at radius 2 is 1.88 bits per heavy atom. The first-order chi connectivity index (χ1) is 12.7. The molecule has 2 aromatic carbocycles. The van der Waals surface area contributed by atoms with Crippen molar-refractivity contribution in [3.8, 4) is 11.4 Å². The first-order valence-electron chi connectivity index (χ1n) is 8.64. The van der Waals surface area contributed by atoms with Gasteiger partial charge in [0.2, 0.25) is 11.7 Å². The highest BCUT2D eigenvalue weighted by Crippen LogP contribution is 2.28. The Balaban J connectivity index is 1.49. The standard InChI is InChI=1S/C20H18ClN3O2/c21-17-10-8-15(9-11-17)20(25)24-12-4-7-16(13-24)19-22-18(23-26-19)14-5-2-1-3-6-14/h1-3,5-6,8-11,16H,4,7,12-13H2. The molecule has 0 spiro atoms. The van der Waals surface area contributed by atoms with E-state index in [1.165, 1.54) is 0 Å². The van der Waals surface area contributed by atoms with E-state index in [2.05, 4.69) is 10.1 Å². The fraction of sp³-hybridized carbons (Fsp3) is 0.250. The Morgan fingerprint density at radius 1 is 1.12 bits per heavy atom. The van der Waals surface area contributed by atoms with Crippen LogP contribution in [0, 0.1) is 0 Å². The van der Waals surface area contributed by atoms with Crippen molar-refractivity contribution >= 4 is 17.5 Å². The molecule has 4 rings (SSSR count). The molecule has 1 amide bonds. The van der Waals surface area contributed by atoms with Gasteiger partial charge in [0.05, 0.1) is 5.92 Å². The fourth-order valence-electron chi connectivity index (χ4n) is 3.24. The molecule has 1 unspecified atom stereocenters. The number of hydrogen-bond acceptors (Lipinski definition) is 4. The van der Waals surface area contributed by atoms with Crippen LogP contribution in [0.5, 0.6) is 0 Å². The fourth-order valence-corrected chi connectivity index (χ4v) is 3.37. The van der Waals surface area contributed by atoms with E-state index in [0.29, 0.717) is 28.8 Å². The van der Waals surface area contributed by atoms with Crippen molar-refractivity contribution in [3.05, 3.63) is 71.1 Å². The van der Waals surface area contributed by atoms with Crippen molar-refractivity contribution in [1.29, 1.82) is 0 Å². The van der Waals surface area contributed by atoms with E-state index in [4.69, 9.17) is 16.1 Å². The lowest BCUT2D eigenvalue weighted by atomic mass is 9.97. The normalized spacial score (nSPS) is 17.3. The van der Waals surface area contributed by atoms with E-state index in [1.807, 2.05) is 35.2 Å². The van der Waals surface area contributed by atoms with E-state index in [-0.39, 0.29) is 11.8 Å². The van der Waals surface area contributed by atoms with Crippen molar-refractivity contribution < 1.29 is 9.32 Å². The molecule has 0 saturated carbocycles. The third kappa shape index (κ3) is 3.48. The van der Waals surface area contributed by atoms with Gasteiger partial charge in [-0.15, -0.1) is 0 Å². The number of rotatable bonds is 3. The zero-order chi connectivity index (χ0) is 17.9. The van der Waals surface area contributed by atoms with Crippen molar-refractivity contribution in [2.24, 2.45) is 0 Å². The molecule has 0 N–H and O–H groups in total. The maximum Gasteiger partial charge on any atom is 0.253 e. The average Bonchev–Trinajstić information content (AvgIpc) is 3.19. The molecule has 132 valence electrons. The number of hydrogen-bond donors (Lipinski definition) is 0. The zero-order valence-electron chi connectivity index (χ0n) is 14.1. The highest BCUT2D eigenvalue weighted by molar-refractivity contribution is 6.30. The minimum Gasteiger partial charge on any atom is -0.339 e. The summed E-state index contributed by atoms with van der Waals surface area (Å²) in [5.74, 6) is 1.25. The highest BCUT2D eigenvalue weighted by Gasteiger charge is 2.29. The minimum atomic E-state index is 0.00849. The molecule has 1 aromatic heterocycles. The maximum absolute atomic E-state index is 12.7. The van der Waals surface area contributed by atoms with Gasteiger partial charge in [-0.25, -0.2) is 0 Å². The summed E-state index contributed by atoms with van der Waals surface area (Å²) in [6, 6.07) is 16.7. The maximum atomic E-state index is 12.7. The van der Waals surface area contributed by atoms with Gasteiger partial charge in [0.1, 0.15) is 0 Å². The molecule has 0 bridgehead atoms. The molecule has 1 aliphatic heterocycles. The molecule has 1 atom stereocenters. The smallest absolute Gasteiger partial charge is 0.253 e. The summed E-state index contributed by atoms with van der Waals surface area (Å²) in [5, 5.41) is 4.72. The van der Waals surface area contributed by atoms with Crippen LogP contribution in [0.3, 0.4) is 0 Å². The molecule has 0 radical (unpaired) electrons. The van der Waals surface area contributed by atoms with E-state index < -0.39 is 0 Å². The van der Waals surface area contributed by atoms with Gasteiger partial charge >= 0.3 is 0 Å². The van der Waals surface area contributed by atoms with Gasteiger partial charge in [-0.05, 0) is 37.1 Å². The Hall–Kier alpha value is -2.66. The van der Waals surface area contributed by atoms with Crippen molar-refractivity contribution in [2.45, 2.75) is 18.8 Å². The molecule has 1 aliphatic rings. The number of carbonyl (C=O) groups excluding carboxylic acids is 1. The van der Waals surface area contributed by atoms with E-state index in [0.717, 1.165) is 24.9 Å². The van der Waals surface area contributed by atoms with Gasteiger partial charge in [-0.2, -0.15) is 4.98 Å². The summed E-state index contributed by atoms with van der Waals surface area (Å²) >= 11 is 5.91. The molecular formula is C20H18ClN3O2. The lowest BCUT2D eigenvalue weighted by molar-refractivity contribution is 0.0695. The van der Waals surface area contributed by atoms with Gasteiger partial charge in [-0.1, -0.05) is 47.1 Å². The molecule has 3 aromatic rings. The van der Waals surface area contributed by atoms with Gasteiger partial charge in [0.15, 0.2) is 0 Å². The molecule has 26 heavy (non-hydrogen) atoms. The Kier molecular flexibility index (Phi) is 4.71. The lowest BCUT2D eigenvalue weighted by Crippen LogP contribution is -2.39. The van der Waals surface area contributed by atoms with Gasteiger partial charge in [0, 0.05) is 29.2 Å². The van der Waals surface area contributed by atoms with Crippen molar-refractivity contribution in [3.63, 3.8) is 0 Å². The highest BCUT2D eigenvalue weighted by atomic mass is 35.5. The van der Waals surface area contributed by atoms with Gasteiger partial charge in [0.25, 0.3) is 5.91 Å². The van der Waals surface area contributed by atoms with Gasteiger partial charge < -0.3 is 9.42 Å². The average molecular weight is 368 g/mol. The second kappa shape index (κ2) is 7.30. The van der Waals surface area contributed by atoms with Crippen LogP contribution in [0.4, 0.5) is 0 Å². The number of aromatic nitrogens is 2. The lowest BCUT2D eigenvalue weighted by Gasteiger charge is -2.31. The number of carbonyl (C=O) groups is 1. The predicted molar refractivity (Wildman–Crippen MR) is 99.1 cm³/mol. The van der Waals surface area contributed by atoms with Crippen LogP contribution in [-0.4, -0.2) is 34.0 Å². The topological polar surface area (TPSA) is 59.2 Å². The third-order valence-corrected chi connectivity index (χ3v) is 4.87. The predicted octanol–water partition coefficient (Wildman–Crippen LogP) is 4.41. The van der Waals surface area contributed by atoms with Crippen LogP contribution in [-0.2, 0) is 0 Å². The Labute approximate surface area is 156 Å². The number of nitrogens with zero attached hydrogens (tertiary/aromatic N) is 3. The van der Waals surface area contributed by atoms with Crippen LogP contribution in [0.2, 0.25) is 5.02 Å². The number of halogens is 1. The van der Waals surface area contributed by atoms with Crippen molar-refractivity contribution in [2.75, 3.05) is 13.1 Å². The monoisotopic (exact) mass is 367 g/mol. The second-order valence-corrected chi connectivity index (χ2v) is 6.86. The molecular weight excluding hydrogens is 350 g/mol. The quantitative estimate of drug-likeness (QED) is 0.688. The molecule has 1 fully saturated rings. The van der Waals surface area contributed by atoms with Crippen LogP contribution in [0.1, 0.15) is 35.0 Å². The van der Waals surface area contributed by atoms with Crippen LogP contribution in [0.25, 0.3) is 11.4 Å². The summed E-state index contributed by atoms with van der Waals surface area (Å²) in [6.45, 7) is 1.32. The number of piperidine rings is 1. The summed E-state index contributed by atoms with van der Waals surface area (Å²) in [5.41, 5.74) is 1.57. The number of likely N-dealkylation sites (tertiary alicyclic amines) is 1. The molecule has 1 saturated heterocycles. The Bertz CT molecular complexity index is 893. The first kappa shape index (κ1) is 16.8. The molecule has 6 heteroatoms. The van der Waals surface area contributed by atoms with E-state index in [9.17, 15) is 4.79 Å². The molecule has 5 nitrogen and oxygen atoms in total. The third-order valence-electron chi connectivity index (χ3n) is 4.62. The number of amides is 1. The zero-order valence-corrected chi connectivity index (χ0v) is 14.9. The van der Waals surface area contributed by atoms with Crippen LogP contribution < -0.4 is 0 Å².